The molecule has 0 saturated heterocycles. The van der Waals surface area contributed by atoms with Gasteiger partial charge in [-0.3, -0.25) is 14.4 Å². The number of para-hydroxylation sites is 1. The Bertz CT molecular complexity index is 1400. The monoisotopic (exact) mass is 552 g/mol. The van der Waals surface area contributed by atoms with E-state index >= 15 is 0 Å². The number of carbonyl (C=O) groups is 1. The zero-order chi connectivity index (χ0) is 27.9. The summed E-state index contributed by atoms with van der Waals surface area (Å²) in [6.07, 6.45) is 0. The highest BCUT2D eigenvalue weighted by atomic mass is 32.1. The van der Waals surface area contributed by atoms with Crippen LogP contribution >= 0.6 is 11.3 Å². The Morgan fingerprint density at radius 3 is 2.13 bits per heavy atom. The molecule has 4 aromatic rings. The van der Waals surface area contributed by atoms with Crippen LogP contribution in [0.1, 0.15) is 49.4 Å². The second-order valence-corrected chi connectivity index (χ2v) is 9.75. The first-order chi connectivity index (χ1) is 18.9. The first-order valence-electron chi connectivity index (χ1n) is 13.3. The highest BCUT2D eigenvalue weighted by Crippen LogP contribution is 2.40. The first kappa shape index (κ1) is 28.2. The van der Waals surface area contributed by atoms with Gasteiger partial charge in [0.15, 0.2) is 16.6 Å². The fourth-order valence-electron chi connectivity index (χ4n) is 4.35. The number of rotatable bonds is 13. The first-order valence-corrected chi connectivity index (χ1v) is 14.1. The second kappa shape index (κ2) is 12.8. The molecule has 0 fully saturated rings. The summed E-state index contributed by atoms with van der Waals surface area (Å²) in [5.41, 5.74) is 3.12. The number of benzene rings is 2. The number of carbonyl (C=O) groups excluding carboxylic acids is 1. The Labute approximate surface area is 233 Å². The molecule has 0 aliphatic rings. The maximum atomic E-state index is 14.2. The average Bonchev–Trinajstić information content (AvgIpc) is 3.49. The summed E-state index contributed by atoms with van der Waals surface area (Å²) >= 11 is 1.45. The summed E-state index contributed by atoms with van der Waals surface area (Å²) in [6, 6.07) is 11.3. The maximum Gasteiger partial charge on any atom is 0.260 e. The molecule has 1 amide bonds. The molecule has 0 aliphatic heterocycles. The molecule has 9 nitrogen and oxygen atoms in total. The molecule has 0 unspecified atom stereocenters. The number of hydrogen-bond acceptors (Lipinski definition) is 8. The molecule has 0 N–H and O–H groups in total. The maximum absolute atomic E-state index is 14.2. The normalized spacial score (nSPS) is 11.0. The van der Waals surface area contributed by atoms with Crippen LogP contribution in [0, 0.1) is 13.8 Å². The summed E-state index contributed by atoms with van der Waals surface area (Å²) in [6.45, 7) is 14.3. The Morgan fingerprint density at radius 1 is 0.897 bits per heavy atom. The lowest BCUT2D eigenvalue weighted by atomic mass is 10.1. The number of thiazole rings is 1. The minimum absolute atomic E-state index is 0.224. The number of fused-ring (bicyclic) bond motifs is 1. The summed E-state index contributed by atoms with van der Waals surface area (Å²) in [5, 5.41) is 5.16. The summed E-state index contributed by atoms with van der Waals surface area (Å²) in [7, 11) is 0. The van der Waals surface area contributed by atoms with Crippen molar-refractivity contribution in [2.75, 3.05) is 37.9 Å². The highest BCUT2D eigenvalue weighted by Gasteiger charge is 2.26. The molecule has 208 valence electrons. The molecule has 0 bridgehead atoms. The molecule has 0 saturated carbocycles. The van der Waals surface area contributed by atoms with Gasteiger partial charge in [0.1, 0.15) is 11.3 Å². The summed E-state index contributed by atoms with van der Waals surface area (Å²) in [4.78, 5) is 20.8. The molecule has 0 spiro atoms. The molecular weight excluding hydrogens is 516 g/mol. The quantitative estimate of drug-likeness (QED) is 0.199. The standard InChI is InChI=1S/C29H36N4O5S/c1-7-35-22-12-11-13-25-26(22)30-29(39-25)32(14-15-33-20(6)16-19(5)31-33)28(34)21-17-23(36-8-2)27(38-10-4)24(18-21)37-9-3/h11-13,16-18H,7-10,14-15H2,1-6H3. The van der Waals surface area contributed by atoms with Crippen molar-refractivity contribution in [3.8, 4) is 23.0 Å². The van der Waals surface area contributed by atoms with Crippen molar-refractivity contribution in [3.63, 3.8) is 0 Å². The van der Waals surface area contributed by atoms with E-state index in [0.717, 1.165) is 21.6 Å². The van der Waals surface area contributed by atoms with Gasteiger partial charge in [0.05, 0.1) is 43.4 Å². The van der Waals surface area contributed by atoms with E-state index in [1.165, 1.54) is 11.3 Å². The van der Waals surface area contributed by atoms with Gasteiger partial charge in [-0.25, -0.2) is 4.98 Å². The smallest absolute Gasteiger partial charge is 0.260 e. The SMILES string of the molecule is CCOc1cc(C(=O)N(CCn2nc(C)cc2C)c2nc3c(OCC)cccc3s2)cc(OCC)c1OCC. The zero-order valence-electron chi connectivity index (χ0n) is 23.4. The molecule has 2 aromatic heterocycles. The van der Waals surface area contributed by atoms with E-state index in [4.69, 9.17) is 23.9 Å². The van der Waals surface area contributed by atoms with Gasteiger partial charge >= 0.3 is 0 Å². The van der Waals surface area contributed by atoms with E-state index < -0.39 is 0 Å². The minimum Gasteiger partial charge on any atom is -0.492 e. The Balaban J connectivity index is 1.79. The molecule has 10 heteroatoms. The largest absolute Gasteiger partial charge is 0.492 e. The van der Waals surface area contributed by atoms with Crippen molar-refractivity contribution in [2.24, 2.45) is 0 Å². The predicted octanol–water partition coefficient (Wildman–Crippen LogP) is 6.05. The zero-order valence-corrected chi connectivity index (χ0v) is 24.3. The van der Waals surface area contributed by atoms with Gasteiger partial charge in [-0.15, -0.1) is 0 Å². The minimum atomic E-state index is -0.224. The number of aryl methyl sites for hydroxylation is 2. The van der Waals surface area contributed by atoms with Crippen LogP contribution in [0.5, 0.6) is 23.0 Å². The van der Waals surface area contributed by atoms with Crippen LogP contribution in [0.2, 0.25) is 0 Å². The fourth-order valence-corrected chi connectivity index (χ4v) is 5.35. The van der Waals surface area contributed by atoms with E-state index in [1.54, 1.807) is 17.0 Å². The lowest BCUT2D eigenvalue weighted by molar-refractivity contribution is 0.0984. The van der Waals surface area contributed by atoms with Crippen LogP contribution in [0.3, 0.4) is 0 Å². The van der Waals surface area contributed by atoms with Crippen LogP contribution < -0.4 is 23.8 Å². The average molecular weight is 553 g/mol. The Morgan fingerprint density at radius 2 is 1.54 bits per heavy atom. The van der Waals surface area contributed by atoms with Crippen molar-refractivity contribution in [1.82, 2.24) is 14.8 Å². The molecule has 4 rings (SSSR count). The Hall–Kier alpha value is -3.79. The Kier molecular flexibility index (Phi) is 9.29. The van der Waals surface area contributed by atoms with Crippen LogP contribution in [-0.4, -0.2) is 53.6 Å². The summed E-state index contributed by atoms with van der Waals surface area (Å²) < 4.78 is 26.2. The molecular formula is C29H36N4O5S. The van der Waals surface area contributed by atoms with Crippen molar-refractivity contribution >= 4 is 32.6 Å². The lowest BCUT2D eigenvalue weighted by Crippen LogP contribution is -2.34. The molecule has 2 aromatic carbocycles. The summed E-state index contributed by atoms with van der Waals surface area (Å²) in [5.74, 6) is 1.90. The van der Waals surface area contributed by atoms with E-state index in [1.807, 2.05) is 70.5 Å². The molecule has 0 atom stereocenters. The van der Waals surface area contributed by atoms with E-state index in [0.29, 0.717) is 73.2 Å². The van der Waals surface area contributed by atoms with E-state index in [9.17, 15) is 4.79 Å². The van der Waals surface area contributed by atoms with Gasteiger partial charge in [0.2, 0.25) is 5.75 Å². The van der Waals surface area contributed by atoms with Crippen LogP contribution in [0.25, 0.3) is 10.2 Å². The fraction of sp³-hybridized carbons (Fsp3) is 0.414. The van der Waals surface area contributed by atoms with Crippen molar-refractivity contribution in [1.29, 1.82) is 0 Å². The molecule has 0 radical (unpaired) electrons. The number of hydrogen-bond donors (Lipinski definition) is 0. The number of nitrogens with zero attached hydrogens (tertiary/aromatic N) is 4. The third-order valence-corrected chi connectivity index (χ3v) is 6.99. The van der Waals surface area contributed by atoms with Crippen molar-refractivity contribution < 1.29 is 23.7 Å². The number of amides is 1. The molecule has 39 heavy (non-hydrogen) atoms. The van der Waals surface area contributed by atoms with Gasteiger partial charge in [0, 0.05) is 17.8 Å². The van der Waals surface area contributed by atoms with Crippen LogP contribution in [0.15, 0.2) is 36.4 Å². The van der Waals surface area contributed by atoms with Crippen LogP contribution in [0.4, 0.5) is 5.13 Å². The third-order valence-electron chi connectivity index (χ3n) is 5.94. The third kappa shape index (κ3) is 6.27. The predicted molar refractivity (Wildman–Crippen MR) is 154 cm³/mol. The topological polar surface area (TPSA) is 87.9 Å². The van der Waals surface area contributed by atoms with Gasteiger partial charge in [-0.1, -0.05) is 17.4 Å². The molecule has 2 heterocycles. The van der Waals surface area contributed by atoms with Crippen molar-refractivity contribution in [3.05, 3.63) is 53.3 Å². The van der Waals surface area contributed by atoms with Crippen molar-refractivity contribution in [2.45, 2.75) is 48.1 Å². The van der Waals surface area contributed by atoms with Gasteiger partial charge < -0.3 is 18.9 Å². The highest BCUT2D eigenvalue weighted by molar-refractivity contribution is 7.22. The van der Waals surface area contributed by atoms with E-state index in [2.05, 4.69) is 5.10 Å². The van der Waals surface area contributed by atoms with E-state index in [-0.39, 0.29) is 5.91 Å². The van der Waals surface area contributed by atoms with Gasteiger partial charge in [-0.05, 0) is 71.9 Å². The van der Waals surface area contributed by atoms with Gasteiger partial charge in [0.25, 0.3) is 5.91 Å². The number of ether oxygens (including phenoxy) is 4. The number of anilines is 1. The molecule has 0 aliphatic carbocycles. The lowest BCUT2D eigenvalue weighted by Gasteiger charge is -2.22. The second-order valence-electron chi connectivity index (χ2n) is 8.74. The van der Waals surface area contributed by atoms with Crippen LogP contribution in [-0.2, 0) is 6.54 Å². The van der Waals surface area contributed by atoms with Gasteiger partial charge in [-0.2, -0.15) is 5.10 Å². The number of aromatic nitrogens is 3.